The quantitative estimate of drug-likeness (QED) is 0.335. The first-order valence-corrected chi connectivity index (χ1v) is 12.7. The van der Waals surface area contributed by atoms with E-state index in [4.69, 9.17) is 9.47 Å². The number of hydrogen-bond donors (Lipinski definition) is 2. The summed E-state index contributed by atoms with van der Waals surface area (Å²) in [5, 5.41) is 5.68. The van der Waals surface area contributed by atoms with Crippen molar-refractivity contribution in [2.75, 3.05) is 13.1 Å². The van der Waals surface area contributed by atoms with Crippen LogP contribution in [0, 0.1) is 0 Å². The van der Waals surface area contributed by atoms with Crippen molar-refractivity contribution in [2.24, 2.45) is 0 Å². The van der Waals surface area contributed by atoms with E-state index in [-0.39, 0.29) is 0 Å². The van der Waals surface area contributed by atoms with Gasteiger partial charge in [-0.2, -0.15) is 0 Å². The molecule has 2 amide bonds. The van der Waals surface area contributed by atoms with Crippen molar-refractivity contribution in [1.82, 2.24) is 10.6 Å². The number of benzene rings is 2. The third kappa shape index (κ3) is 8.40. The highest BCUT2D eigenvalue weighted by Crippen LogP contribution is 2.26. The first-order chi connectivity index (χ1) is 16.5. The molecule has 2 aromatic carbocycles. The maximum atomic E-state index is 12.2. The SMILES string of the molecule is CCc1cccc(CC)c1OC(=O)NCCCCCCNC(=O)Oc1c(CC)cccc1CC. The van der Waals surface area contributed by atoms with Gasteiger partial charge < -0.3 is 20.1 Å². The third-order valence-electron chi connectivity index (χ3n) is 5.91. The van der Waals surface area contributed by atoms with Crippen molar-refractivity contribution in [3.05, 3.63) is 58.7 Å². The molecule has 0 atom stereocenters. The average Bonchev–Trinajstić information content (AvgIpc) is 2.85. The highest BCUT2D eigenvalue weighted by molar-refractivity contribution is 5.72. The molecule has 0 aliphatic rings. The predicted octanol–water partition coefficient (Wildman–Crippen LogP) is 6.37. The van der Waals surface area contributed by atoms with Crippen LogP contribution >= 0.6 is 0 Å². The normalized spacial score (nSPS) is 10.6. The van der Waals surface area contributed by atoms with Crippen LogP contribution in [0.3, 0.4) is 0 Å². The zero-order chi connectivity index (χ0) is 24.8. The van der Waals surface area contributed by atoms with Gasteiger partial charge in [-0.25, -0.2) is 9.59 Å². The summed E-state index contributed by atoms with van der Waals surface area (Å²) in [5.41, 5.74) is 4.18. The molecule has 6 nitrogen and oxygen atoms in total. The van der Waals surface area contributed by atoms with Crippen LogP contribution in [0.1, 0.15) is 75.6 Å². The molecule has 0 unspecified atom stereocenters. The van der Waals surface area contributed by atoms with E-state index in [1.807, 2.05) is 36.4 Å². The molecule has 0 radical (unpaired) electrons. The van der Waals surface area contributed by atoms with Crippen LogP contribution in [0.4, 0.5) is 9.59 Å². The van der Waals surface area contributed by atoms with Gasteiger partial charge in [-0.15, -0.1) is 0 Å². The third-order valence-corrected chi connectivity index (χ3v) is 5.91. The smallest absolute Gasteiger partial charge is 0.410 e. The summed E-state index contributed by atoms with van der Waals surface area (Å²) in [6.07, 6.45) is 6.12. The van der Waals surface area contributed by atoms with Gasteiger partial charge in [-0.1, -0.05) is 76.9 Å². The van der Waals surface area contributed by atoms with Crippen LogP contribution in [0.5, 0.6) is 11.5 Å². The minimum Gasteiger partial charge on any atom is -0.410 e. The summed E-state index contributed by atoms with van der Waals surface area (Å²) in [6.45, 7) is 9.36. The lowest BCUT2D eigenvalue weighted by atomic mass is 10.1. The Morgan fingerprint density at radius 2 is 0.912 bits per heavy atom. The van der Waals surface area contributed by atoms with E-state index in [2.05, 4.69) is 38.3 Å². The van der Waals surface area contributed by atoms with Crippen LogP contribution in [-0.2, 0) is 25.7 Å². The van der Waals surface area contributed by atoms with Gasteiger partial charge >= 0.3 is 12.2 Å². The van der Waals surface area contributed by atoms with Crippen molar-refractivity contribution in [1.29, 1.82) is 0 Å². The summed E-state index contributed by atoms with van der Waals surface area (Å²) in [7, 11) is 0. The minimum absolute atomic E-state index is 0.404. The van der Waals surface area contributed by atoms with Crippen molar-refractivity contribution in [3.8, 4) is 11.5 Å². The standard InChI is InChI=1S/C28H40N2O4/c1-5-21-15-13-16-22(6-2)25(21)33-27(31)29-19-11-9-10-12-20-30-28(32)34-26-23(7-3)17-14-18-24(26)8-4/h13-18H,5-12,19-20H2,1-4H3,(H,29,31)(H,30,32). The molecule has 6 heteroatoms. The zero-order valence-electron chi connectivity index (χ0n) is 21.2. The number of aryl methyl sites for hydroxylation is 4. The van der Waals surface area contributed by atoms with Crippen molar-refractivity contribution >= 4 is 12.2 Å². The van der Waals surface area contributed by atoms with E-state index in [0.717, 1.165) is 73.6 Å². The van der Waals surface area contributed by atoms with E-state index >= 15 is 0 Å². The minimum atomic E-state index is -0.404. The van der Waals surface area contributed by atoms with Gasteiger partial charge in [0.1, 0.15) is 11.5 Å². The summed E-state index contributed by atoms with van der Waals surface area (Å²) in [6, 6.07) is 12.0. The van der Waals surface area contributed by atoms with Crippen molar-refractivity contribution in [3.63, 3.8) is 0 Å². The van der Waals surface area contributed by atoms with E-state index < -0.39 is 12.2 Å². The first kappa shape index (κ1) is 27.2. The van der Waals surface area contributed by atoms with E-state index in [1.54, 1.807) is 0 Å². The Kier molecular flexibility index (Phi) is 12.0. The largest absolute Gasteiger partial charge is 0.412 e. The molecular weight excluding hydrogens is 428 g/mol. The van der Waals surface area contributed by atoms with Gasteiger partial charge in [0.15, 0.2) is 0 Å². The molecule has 0 bridgehead atoms. The molecular formula is C28H40N2O4. The summed E-state index contributed by atoms with van der Waals surface area (Å²) < 4.78 is 11.2. The Morgan fingerprint density at radius 3 is 1.21 bits per heavy atom. The van der Waals surface area contributed by atoms with Gasteiger partial charge in [0, 0.05) is 13.1 Å². The molecule has 0 saturated heterocycles. The number of carbonyl (C=O) groups excluding carboxylic acids is 2. The van der Waals surface area contributed by atoms with E-state index in [9.17, 15) is 9.59 Å². The fourth-order valence-corrected chi connectivity index (χ4v) is 3.89. The Labute approximate surface area is 204 Å². The maximum absolute atomic E-state index is 12.2. The number of amides is 2. The molecule has 0 aliphatic carbocycles. The molecule has 0 saturated carbocycles. The number of hydrogen-bond acceptors (Lipinski definition) is 4. The van der Waals surface area contributed by atoms with Gasteiger partial charge in [-0.3, -0.25) is 0 Å². The van der Waals surface area contributed by atoms with Gasteiger partial charge in [0.2, 0.25) is 0 Å². The number of carbonyl (C=O) groups is 2. The van der Waals surface area contributed by atoms with Gasteiger partial charge in [0.25, 0.3) is 0 Å². The Morgan fingerprint density at radius 1 is 0.588 bits per heavy atom. The highest BCUT2D eigenvalue weighted by Gasteiger charge is 2.13. The molecule has 0 fully saturated rings. The second-order valence-corrected chi connectivity index (χ2v) is 8.27. The topological polar surface area (TPSA) is 76.7 Å². The summed E-state index contributed by atoms with van der Waals surface area (Å²) >= 11 is 0. The molecule has 0 aromatic heterocycles. The van der Waals surface area contributed by atoms with Crippen LogP contribution in [0.25, 0.3) is 0 Å². The Balaban J connectivity index is 1.61. The number of rotatable bonds is 13. The number of ether oxygens (including phenoxy) is 2. The molecule has 0 spiro atoms. The number of para-hydroxylation sites is 2. The summed E-state index contributed by atoms with van der Waals surface area (Å²) in [4.78, 5) is 24.4. The second kappa shape index (κ2) is 15.0. The fourth-order valence-electron chi connectivity index (χ4n) is 3.89. The fraction of sp³-hybridized carbons (Fsp3) is 0.500. The lowest BCUT2D eigenvalue weighted by Crippen LogP contribution is -2.29. The van der Waals surface area contributed by atoms with Gasteiger partial charge in [-0.05, 0) is 60.8 Å². The highest BCUT2D eigenvalue weighted by atomic mass is 16.6. The van der Waals surface area contributed by atoms with Crippen LogP contribution in [0.15, 0.2) is 36.4 Å². The predicted molar refractivity (Wildman–Crippen MR) is 137 cm³/mol. The van der Waals surface area contributed by atoms with Crippen LogP contribution in [-0.4, -0.2) is 25.3 Å². The molecule has 2 rings (SSSR count). The zero-order valence-corrected chi connectivity index (χ0v) is 21.2. The van der Waals surface area contributed by atoms with Crippen molar-refractivity contribution < 1.29 is 19.1 Å². The number of unbranched alkanes of at least 4 members (excludes halogenated alkanes) is 3. The Bertz CT molecular complexity index is 807. The average molecular weight is 469 g/mol. The molecule has 0 heterocycles. The van der Waals surface area contributed by atoms with Crippen LogP contribution < -0.4 is 20.1 Å². The molecule has 2 N–H and O–H groups in total. The molecule has 2 aromatic rings. The van der Waals surface area contributed by atoms with Gasteiger partial charge in [0.05, 0.1) is 0 Å². The lowest BCUT2D eigenvalue weighted by Gasteiger charge is -2.14. The molecule has 186 valence electrons. The Hall–Kier alpha value is -3.02. The monoisotopic (exact) mass is 468 g/mol. The van der Waals surface area contributed by atoms with E-state index in [1.165, 1.54) is 0 Å². The van der Waals surface area contributed by atoms with Crippen molar-refractivity contribution in [2.45, 2.75) is 79.1 Å². The lowest BCUT2D eigenvalue weighted by molar-refractivity contribution is 0.198. The molecule has 34 heavy (non-hydrogen) atoms. The first-order valence-electron chi connectivity index (χ1n) is 12.7. The second-order valence-electron chi connectivity index (χ2n) is 8.27. The summed E-state index contributed by atoms with van der Waals surface area (Å²) in [5.74, 6) is 1.38. The maximum Gasteiger partial charge on any atom is 0.412 e. The number of nitrogens with one attached hydrogen (secondary N) is 2. The van der Waals surface area contributed by atoms with Crippen LogP contribution in [0.2, 0.25) is 0 Å². The molecule has 0 aliphatic heterocycles. The van der Waals surface area contributed by atoms with E-state index in [0.29, 0.717) is 24.6 Å².